The fourth-order valence-corrected chi connectivity index (χ4v) is 2.21. The third kappa shape index (κ3) is 2.38. The molecule has 0 atom stereocenters. The molecule has 2 aromatic heterocycles. The zero-order chi connectivity index (χ0) is 14.8. The molecule has 3 rings (SSSR count). The standard InChI is InChI=1S/C16H15N3O2/c1-3-21-15(20)14-13(12-7-5-4-6-8-12)18-16-17-11(2)9-10-19(14)16/h4-10H,3H2,1-2H3. The van der Waals surface area contributed by atoms with E-state index < -0.39 is 5.97 Å². The maximum Gasteiger partial charge on any atom is 0.357 e. The molecule has 2 heterocycles. The Balaban J connectivity index is 2.27. The summed E-state index contributed by atoms with van der Waals surface area (Å²) in [6, 6.07) is 11.4. The summed E-state index contributed by atoms with van der Waals surface area (Å²) in [5.41, 5.74) is 2.71. The number of carbonyl (C=O) groups excluding carboxylic acids is 1. The summed E-state index contributed by atoms with van der Waals surface area (Å²) in [4.78, 5) is 21.2. The van der Waals surface area contributed by atoms with Crippen molar-refractivity contribution in [1.29, 1.82) is 0 Å². The minimum atomic E-state index is -0.394. The highest BCUT2D eigenvalue weighted by molar-refractivity contribution is 5.95. The first-order valence-corrected chi connectivity index (χ1v) is 6.79. The van der Waals surface area contributed by atoms with Crippen molar-refractivity contribution in [1.82, 2.24) is 14.4 Å². The normalized spacial score (nSPS) is 10.8. The second-order valence-electron chi connectivity index (χ2n) is 4.63. The summed E-state index contributed by atoms with van der Waals surface area (Å²) in [6.07, 6.45) is 1.80. The molecule has 0 aliphatic heterocycles. The summed E-state index contributed by atoms with van der Waals surface area (Å²) in [6.45, 7) is 3.99. The van der Waals surface area contributed by atoms with Crippen LogP contribution in [0.15, 0.2) is 42.6 Å². The summed E-state index contributed by atoms with van der Waals surface area (Å²) in [5.74, 6) is 0.103. The molecule has 0 saturated carbocycles. The number of ether oxygens (including phenoxy) is 1. The quantitative estimate of drug-likeness (QED) is 0.693. The van der Waals surface area contributed by atoms with E-state index in [2.05, 4.69) is 9.97 Å². The Morgan fingerprint density at radius 3 is 2.67 bits per heavy atom. The lowest BCUT2D eigenvalue weighted by Crippen LogP contribution is -2.09. The van der Waals surface area contributed by atoms with E-state index in [1.807, 2.05) is 43.3 Å². The number of nitrogens with zero attached hydrogens (tertiary/aromatic N) is 3. The van der Waals surface area contributed by atoms with Crippen LogP contribution in [-0.2, 0) is 4.74 Å². The zero-order valence-electron chi connectivity index (χ0n) is 11.9. The fourth-order valence-electron chi connectivity index (χ4n) is 2.21. The maximum absolute atomic E-state index is 12.3. The molecule has 0 saturated heterocycles. The first-order valence-electron chi connectivity index (χ1n) is 6.79. The lowest BCUT2D eigenvalue weighted by molar-refractivity contribution is 0.0519. The second-order valence-corrected chi connectivity index (χ2v) is 4.63. The van der Waals surface area contributed by atoms with Gasteiger partial charge in [-0.1, -0.05) is 30.3 Å². The van der Waals surface area contributed by atoms with E-state index in [1.54, 1.807) is 17.5 Å². The third-order valence-corrected chi connectivity index (χ3v) is 3.15. The summed E-state index contributed by atoms with van der Waals surface area (Å²) in [7, 11) is 0. The molecule has 0 aliphatic carbocycles. The molecule has 1 aromatic carbocycles. The van der Waals surface area contributed by atoms with Gasteiger partial charge in [-0.05, 0) is 19.9 Å². The van der Waals surface area contributed by atoms with E-state index in [9.17, 15) is 4.79 Å². The lowest BCUT2D eigenvalue weighted by Gasteiger charge is -2.04. The molecule has 0 radical (unpaired) electrons. The van der Waals surface area contributed by atoms with Crippen LogP contribution in [0, 0.1) is 6.92 Å². The number of aryl methyl sites for hydroxylation is 1. The van der Waals surface area contributed by atoms with Gasteiger partial charge >= 0.3 is 5.97 Å². The van der Waals surface area contributed by atoms with Gasteiger partial charge in [0.25, 0.3) is 0 Å². The highest BCUT2D eigenvalue weighted by Crippen LogP contribution is 2.24. The smallest absolute Gasteiger partial charge is 0.357 e. The molecule has 0 bridgehead atoms. The van der Waals surface area contributed by atoms with Gasteiger partial charge in [-0.25, -0.2) is 14.8 Å². The minimum absolute atomic E-state index is 0.319. The second kappa shape index (κ2) is 5.36. The van der Waals surface area contributed by atoms with Crippen molar-refractivity contribution in [2.75, 3.05) is 6.61 Å². The van der Waals surface area contributed by atoms with E-state index in [0.29, 0.717) is 23.8 Å². The molecule has 0 fully saturated rings. The van der Waals surface area contributed by atoms with E-state index >= 15 is 0 Å². The van der Waals surface area contributed by atoms with Crippen LogP contribution in [0.2, 0.25) is 0 Å². The van der Waals surface area contributed by atoms with Gasteiger partial charge in [0.05, 0.1) is 6.61 Å². The van der Waals surface area contributed by atoms with Gasteiger partial charge in [0.1, 0.15) is 5.69 Å². The van der Waals surface area contributed by atoms with Crippen molar-refractivity contribution >= 4 is 11.7 Å². The van der Waals surface area contributed by atoms with E-state index in [1.165, 1.54) is 0 Å². The average molecular weight is 281 g/mol. The maximum atomic E-state index is 12.3. The number of fused-ring (bicyclic) bond motifs is 1. The first-order chi connectivity index (χ1) is 10.2. The van der Waals surface area contributed by atoms with Crippen LogP contribution in [0.3, 0.4) is 0 Å². The molecule has 0 spiro atoms. The predicted octanol–water partition coefficient (Wildman–Crippen LogP) is 2.88. The molecule has 0 amide bonds. The predicted molar refractivity (Wildman–Crippen MR) is 79.1 cm³/mol. The van der Waals surface area contributed by atoms with Gasteiger partial charge in [0.15, 0.2) is 5.69 Å². The Morgan fingerprint density at radius 2 is 1.95 bits per heavy atom. The number of aromatic nitrogens is 3. The third-order valence-electron chi connectivity index (χ3n) is 3.15. The molecule has 3 aromatic rings. The molecule has 21 heavy (non-hydrogen) atoms. The first kappa shape index (κ1) is 13.3. The lowest BCUT2D eigenvalue weighted by atomic mass is 10.1. The zero-order valence-corrected chi connectivity index (χ0v) is 11.9. The minimum Gasteiger partial charge on any atom is -0.461 e. The number of hydrogen-bond acceptors (Lipinski definition) is 4. The van der Waals surface area contributed by atoms with Gasteiger partial charge in [-0.3, -0.25) is 4.40 Å². The van der Waals surface area contributed by atoms with Crippen LogP contribution in [-0.4, -0.2) is 26.9 Å². The highest BCUT2D eigenvalue weighted by Gasteiger charge is 2.22. The molecule has 0 N–H and O–H groups in total. The van der Waals surface area contributed by atoms with E-state index in [4.69, 9.17) is 4.74 Å². The molecule has 5 nitrogen and oxygen atoms in total. The largest absolute Gasteiger partial charge is 0.461 e. The van der Waals surface area contributed by atoms with E-state index in [-0.39, 0.29) is 0 Å². The fraction of sp³-hybridized carbons (Fsp3) is 0.188. The summed E-state index contributed by atoms with van der Waals surface area (Å²) >= 11 is 0. The molecule has 0 aliphatic rings. The van der Waals surface area contributed by atoms with Crippen molar-refractivity contribution in [3.63, 3.8) is 0 Å². The van der Waals surface area contributed by atoms with Crippen LogP contribution >= 0.6 is 0 Å². The number of rotatable bonds is 3. The molecule has 5 heteroatoms. The van der Waals surface area contributed by atoms with Gasteiger partial charge in [0, 0.05) is 17.5 Å². The topological polar surface area (TPSA) is 56.5 Å². The molecular formula is C16H15N3O2. The summed E-state index contributed by atoms with van der Waals surface area (Å²) < 4.78 is 6.83. The Hall–Kier alpha value is -2.69. The molecule has 0 unspecified atom stereocenters. The van der Waals surface area contributed by atoms with Crippen LogP contribution in [0.4, 0.5) is 0 Å². The number of hydrogen-bond donors (Lipinski definition) is 0. The van der Waals surface area contributed by atoms with Crippen molar-refractivity contribution in [2.24, 2.45) is 0 Å². The van der Waals surface area contributed by atoms with Crippen molar-refractivity contribution in [3.8, 4) is 11.3 Å². The van der Waals surface area contributed by atoms with Crippen LogP contribution in [0.1, 0.15) is 23.1 Å². The number of imidazole rings is 1. The van der Waals surface area contributed by atoms with Gasteiger partial charge in [-0.15, -0.1) is 0 Å². The Labute approximate surface area is 122 Å². The Kier molecular flexibility index (Phi) is 3.39. The van der Waals surface area contributed by atoms with Crippen LogP contribution in [0.25, 0.3) is 17.0 Å². The molecule has 106 valence electrons. The number of benzene rings is 1. The van der Waals surface area contributed by atoms with Gasteiger partial charge < -0.3 is 4.74 Å². The Morgan fingerprint density at radius 1 is 1.19 bits per heavy atom. The number of esters is 1. The number of carbonyl (C=O) groups is 1. The van der Waals surface area contributed by atoms with Crippen LogP contribution < -0.4 is 0 Å². The van der Waals surface area contributed by atoms with Crippen molar-refractivity contribution < 1.29 is 9.53 Å². The van der Waals surface area contributed by atoms with E-state index in [0.717, 1.165) is 11.3 Å². The SMILES string of the molecule is CCOC(=O)c1c(-c2ccccc2)nc2nc(C)ccn12. The van der Waals surface area contributed by atoms with Gasteiger partial charge in [0.2, 0.25) is 5.78 Å². The highest BCUT2D eigenvalue weighted by atomic mass is 16.5. The monoisotopic (exact) mass is 281 g/mol. The average Bonchev–Trinajstić information content (AvgIpc) is 2.87. The molecular weight excluding hydrogens is 266 g/mol. The Bertz CT molecular complexity index is 794. The van der Waals surface area contributed by atoms with Crippen molar-refractivity contribution in [3.05, 3.63) is 54.0 Å². The van der Waals surface area contributed by atoms with Gasteiger partial charge in [-0.2, -0.15) is 0 Å². The van der Waals surface area contributed by atoms with Crippen molar-refractivity contribution in [2.45, 2.75) is 13.8 Å². The summed E-state index contributed by atoms with van der Waals surface area (Å²) in [5, 5.41) is 0. The van der Waals surface area contributed by atoms with Crippen LogP contribution in [0.5, 0.6) is 0 Å².